The van der Waals surface area contributed by atoms with Crippen molar-refractivity contribution in [3.8, 4) is 11.5 Å². The lowest BCUT2D eigenvalue weighted by atomic mass is 10.1. The van der Waals surface area contributed by atoms with Gasteiger partial charge in [0.15, 0.2) is 17.3 Å². The fourth-order valence-electron chi connectivity index (χ4n) is 2.67. The molecule has 0 radical (unpaired) electrons. The van der Waals surface area contributed by atoms with Gasteiger partial charge in [-0.2, -0.15) is 0 Å². The number of ether oxygens (including phenoxy) is 1. The molecule has 10 heteroatoms. The van der Waals surface area contributed by atoms with Crippen molar-refractivity contribution in [1.82, 2.24) is 4.90 Å². The van der Waals surface area contributed by atoms with Gasteiger partial charge in [-0.3, -0.25) is 14.5 Å². The van der Waals surface area contributed by atoms with Gasteiger partial charge in [-0.25, -0.2) is 4.39 Å². The van der Waals surface area contributed by atoms with Crippen molar-refractivity contribution in [2.45, 2.75) is 0 Å². The summed E-state index contributed by atoms with van der Waals surface area (Å²) in [5.74, 6) is -2.35. The number of carbonyl (C=O) groups excluding carboxylic acids is 2. The molecule has 1 fully saturated rings. The highest BCUT2D eigenvalue weighted by Gasteiger charge is 2.34. The van der Waals surface area contributed by atoms with Crippen LogP contribution in [0.15, 0.2) is 41.3 Å². The molecule has 0 saturated carbocycles. The zero-order valence-corrected chi connectivity index (χ0v) is 18.3. The number of benzene rings is 2. The number of carbonyl (C=O) groups is 2. The Morgan fingerprint density at radius 1 is 1.37 bits per heavy atom. The van der Waals surface area contributed by atoms with Crippen molar-refractivity contribution < 1.29 is 23.8 Å². The fourth-order valence-corrected chi connectivity index (χ4v) is 4.05. The Kier molecular flexibility index (Phi) is 6.64. The van der Waals surface area contributed by atoms with Crippen LogP contribution in [0.4, 0.5) is 10.1 Å². The number of halogens is 2. The van der Waals surface area contributed by atoms with Crippen molar-refractivity contribution in [2.75, 3.05) is 25.6 Å². The largest absolute Gasteiger partial charge is 0.502 e. The highest BCUT2D eigenvalue weighted by molar-refractivity contribution is 8.26. The van der Waals surface area contributed by atoms with Crippen LogP contribution in [-0.4, -0.2) is 46.8 Å². The van der Waals surface area contributed by atoms with Crippen LogP contribution in [0.2, 0.25) is 5.02 Å². The van der Waals surface area contributed by atoms with Gasteiger partial charge in [-0.15, -0.1) is 0 Å². The predicted molar refractivity (Wildman–Crippen MR) is 119 cm³/mol. The second-order valence-electron chi connectivity index (χ2n) is 6.25. The fraction of sp³-hybridized carbons (Fsp3) is 0.150. The molecule has 2 aromatic rings. The molecular weight excluding hydrogens is 451 g/mol. The third kappa shape index (κ3) is 4.58. The summed E-state index contributed by atoms with van der Waals surface area (Å²) in [5.41, 5.74) is 0.935. The number of anilines is 1. The predicted octanol–water partition coefficient (Wildman–Crippen LogP) is 4.06. The van der Waals surface area contributed by atoms with Gasteiger partial charge in [0.2, 0.25) is 5.91 Å². The third-order valence-corrected chi connectivity index (χ3v) is 5.95. The molecule has 156 valence electrons. The molecule has 0 bridgehead atoms. The van der Waals surface area contributed by atoms with E-state index >= 15 is 0 Å². The maximum Gasteiger partial charge on any atom is 0.266 e. The summed E-state index contributed by atoms with van der Waals surface area (Å²) < 4.78 is 19.0. The third-order valence-electron chi connectivity index (χ3n) is 4.32. The summed E-state index contributed by atoms with van der Waals surface area (Å²) in [6.07, 6.45) is 1.43. The molecule has 2 aromatic carbocycles. The number of hydrogen-bond acceptors (Lipinski definition) is 6. The maximum absolute atomic E-state index is 13.9. The topological polar surface area (TPSA) is 70.1 Å². The van der Waals surface area contributed by atoms with Gasteiger partial charge in [-0.1, -0.05) is 35.6 Å². The van der Waals surface area contributed by atoms with Gasteiger partial charge in [0.1, 0.15) is 10.9 Å². The molecule has 1 aliphatic heterocycles. The van der Waals surface area contributed by atoms with Gasteiger partial charge in [0.25, 0.3) is 5.91 Å². The Morgan fingerprint density at radius 2 is 2.03 bits per heavy atom. The smallest absolute Gasteiger partial charge is 0.266 e. The van der Waals surface area contributed by atoms with Crippen LogP contribution in [-0.2, 0) is 9.59 Å². The average molecular weight is 467 g/mol. The van der Waals surface area contributed by atoms with Crippen LogP contribution in [0.5, 0.6) is 11.5 Å². The molecule has 3 rings (SSSR count). The first kappa shape index (κ1) is 22.1. The molecule has 0 unspecified atom stereocenters. The first-order chi connectivity index (χ1) is 14.2. The minimum Gasteiger partial charge on any atom is -0.502 e. The van der Waals surface area contributed by atoms with Gasteiger partial charge < -0.3 is 14.7 Å². The van der Waals surface area contributed by atoms with Crippen molar-refractivity contribution in [3.63, 3.8) is 0 Å². The van der Waals surface area contributed by atoms with Gasteiger partial charge in [0, 0.05) is 17.8 Å². The van der Waals surface area contributed by atoms with Crippen molar-refractivity contribution in [3.05, 3.63) is 57.7 Å². The summed E-state index contributed by atoms with van der Waals surface area (Å²) in [6, 6.07) is 9.17. The van der Waals surface area contributed by atoms with E-state index < -0.39 is 17.5 Å². The van der Waals surface area contributed by atoms with E-state index in [1.54, 1.807) is 31.3 Å². The number of aromatic hydroxyl groups is 1. The Hall–Kier alpha value is -2.62. The standard InChI is InChI=1S/C20H16ClFN2O4S2/c1-23(13-5-3-12(21)4-6-13)17(25)10-24-19(27)16(30-20(24)29)9-11-7-14(22)18(26)15(8-11)28-2/h3-9,26H,10H2,1-2H3/b16-9-. The van der Waals surface area contributed by atoms with Crippen LogP contribution in [0.25, 0.3) is 6.08 Å². The zero-order chi connectivity index (χ0) is 22.0. The number of thiocarbonyl (C=S) groups is 1. The van der Waals surface area contributed by atoms with E-state index in [1.165, 1.54) is 29.1 Å². The number of phenols is 1. The Morgan fingerprint density at radius 3 is 2.67 bits per heavy atom. The SMILES string of the molecule is COc1cc(/C=C2\SC(=S)N(CC(=O)N(C)c3ccc(Cl)cc3)C2=O)cc(F)c1O. The lowest BCUT2D eigenvalue weighted by Gasteiger charge is -2.21. The van der Waals surface area contributed by atoms with Crippen molar-refractivity contribution in [1.29, 1.82) is 0 Å². The number of thioether (sulfide) groups is 1. The highest BCUT2D eigenvalue weighted by Crippen LogP contribution is 2.35. The summed E-state index contributed by atoms with van der Waals surface area (Å²) in [7, 11) is 2.88. The van der Waals surface area contributed by atoms with E-state index in [2.05, 4.69) is 0 Å². The van der Waals surface area contributed by atoms with Crippen molar-refractivity contribution in [2.24, 2.45) is 0 Å². The lowest BCUT2D eigenvalue weighted by molar-refractivity contribution is -0.127. The number of hydrogen-bond donors (Lipinski definition) is 1. The van der Waals surface area contributed by atoms with Gasteiger partial charge in [-0.05, 0) is 48.0 Å². The molecular formula is C20H16ClFN2O4S2. The van der Waals surface area contributed by atoms with E-state index in [4.69, 9.17) is 28.6 Å². The maximum atomic E-state index is 13.9. The van der Waals surface area contributed by atoms with E-state index in [0.717, 1.165) is 17.8 Å². The number of likely N-dealkylation sites (N-methyl/N-ethyl adjacent to an activating group) is 1. The van der Waals surface area contributed by atoms with Crippen LogP contribution < -0.4 is 9.64 Å². The monoisotopic (exact) mass is 466 g/mol. The number of phenolic OH excluding ortho intramolecular Hbond substituents is 1. The summed E-state index contributed by atoms with van der Waals surface area (Å²) in [5, 5.41) is 10.2. The number of nitrogens with zero attached hydrogens (tertiary/aromatic N) is 2. The van der Waals surface area contributed by atoms with Gasteiger partial charge in [0.05, 0.1) is 12.0 Å². The average Bonchev–Trinajstić information content (AvgIpc) is 2.97. The van der Waals surface area contributed by atoms with Gasteiger partial charge >= 0.3 is 0 Å². The molecule has 1 N–H and O–H groups in total. The van der Waals surface area contributed by atoms with Crippen LogP contribution >= 0.6 is 35.6 Å². The van der Waals surface area contributed by atoms with E-state index in [-0.39, 0.29) is 27.4 Å². The Balaban J connectivity index is 1.78. The molecule has 6 nitrogen and oxygen atoms in total. The first-order valence-electron chi connectivity index (χ1n) is 8.55. The minimum absolute atomic E-state index is 0.0588. The number of methoxy groups -OCH3 is 1. The number of amides is 2. The molecule has 1 aliphatic rings. The summed E-state index contributed by atoms with van der Waals surface area (Å²) >= 11 is 12.1. The lowest BCUT2D eigenvalue weighted by Crippen LogP contribution is -2.40. The quantitative estimate of drug-likeness (QED) is 0.529. The second-order valence-corrected chi connectivity index (χ2v) is 8.36. The summed E-state index contributed by atoms with van der Waals surface area (Å²) in [6.45, 7) is -0.242. The Bertz CT molecular complexity index is 1060. The molecule has 0 aliphatic carbocycles. The zero-order valence-electron chi connectivity index (χ0n) is 15.9. The molecule has 1 heterocycles. The normalized spacial score (nSPS) is 15.1. The van der Waals surface area contributed by atoms with E-state index in [9.17, 15) is 19.1 Å². The molecule has 0 atom stereocenters. The van der Waals surface area contributed by atoms with Crippen LogP contribution in [0.3, 0.4) is 0 Å². The Labute approximate surface area is 186 Å². The van der Waals surface area contributed by atoms with Crippen LogP contribution in [0, 0.1) is 5.82 Å². The molecule has 30 heavy (non-hydrogen) atoms. The molecule has 0 spiro atoms. The number of rotatable bonds is 5. The highest BCUT2D eigenvalue weighted by atomic mass is 35.5. The van der Waals surface area contributed by atoms with Crippen LogP contribution in [0.1, 0.15) is 5.56 Å². The summed E-state index contributed by atoms with van der Waals surface area (Å²) in [4.78, 5) is 28.2. The minimum atomic E-state index is -0.879. The molecule has 1 saturated heterocycles. The van der Waals surface area contributed by atoms with E-state index in [0.29, 0.717) is 16.3 Å². The van der Waals surface area contributed by atoms with Crippen molar-refractivity contribution >= 4 is 63.5 Å². The molecule has 2 amide bonds. The first-order valence-corrected chi connectivity index (χ1v) is 10.2. The van der Waals surface area contributed by atoms with E-state index in [1.807, 2.05) is 0 Å². The second kappa shape index (κ2) is 9.03. The molecule has 0 aromatic heterocycles.